The topological polar surface area (TPSA) is 27.0 Å². The van der Waals surface area contributed by atoms with E-state index in [1.54, 1.807) is 0 Å². The van der Waals surface area contributed by atoms with Gasteiger partial charge in [-0.25, -0.2) is 0 Å². The molecular formula is C9H18N2. The Labute approximate surface area is 69.8 Å². The van der Waals surface area contributed by atoms with Crippen molar-refractivity contribution in [2.45, 2.75) is 39.7 Å². The van der Waals surface area contributed by atoms with Gasteiger partial charge in [-0.1, -0.05) is 6.92 Å². The minimum atomic E-state index is 0.610. The van der Waals surface area contributed by atoms with Crippen molar-refractivity contribution in [1.82, 2.24) is 4.90 Å². The summed E-state index contributed by atoms with van der Waals surface area (Å²) in [5, 5.41) is 8.32. The highest BCUT2D eigenvalue weighted by molar-refractivity contribution is 4.70. The van der Waals surface area contributed by atoms with Crippen molar-refractivity contribution in [2.75, 3.05) is 13.1 Å². The van der Waals surface area contributed by atoms with Crippen molar-refractivity contribution in [1.29, 1.82) is 5.26 Å². The molecule has 0 aromatic heterocycles. The van der Waals surface area contributed by atoms with Gasteiger partial charge in [0.2, 0.25) is 0 Å². The van der Waals surface area contributed by atoms with Crippen molar-refractivity contribution in [3.63, 3.8) is 0 Å². The Balaban J connectivity index is 3.46. The van der Waals surface area contributed by atoms with E-state index in [-0.39, 0.29) is 0 Å². The Morgan fingerprint density at radius 3 is 2.45 bits per heavy atom. The molecule has 0 aromatic carbocycles. The minimum Gasteiger partial charge on any atom is -0.301 e. The molecule has 0 N–H and O–H groups in total. The molecule has 0 heterocycles. The van der Waals surface area contributed by atoms with Gasteiger partial charge in [0.25, 0.3) is 0 Å². The first-order valence-corrected chi connectivity index (χ1v) is 4.33. The van der Waals surface area contributed by atoms with Crippen LogP contribution in [0.4, 0.5) is 0 Å². The molecular weight excluding hydrogens is 136 g/mol. The lowest BCUT2D eigenvalue weighted by atomic mass is 10.2. The molecule has 0 atom stereocenters. The van der Waals surface area contributed by atoms with Gasteiger partial charge >= 0.3 is 0 Å². The maximum absolute atomic E-state index is 8.32. The summed E-state index contributed by atoms with van der Waals surface area (Å²) in [6.45, 7) is 8.68. The van der Waals surface area contributed by atoms with E-state index in [9.17, 15) is 0 Å². The van der Waals surface area contributed by atoms with E-state index >= 15 is 0 Å². The monoisotopic (exact) mass is 154 g/mol. The predicted octanol–water partition coefficient (Wildman–Crippen LogP) is 2.02. The highest BCUT2D eigenvalue weighted by Crippen LogP contribution is 1.99. The number of nitriles is 1. The van der Waals surface area contributed by atoms with E-state index in [2.05, 4.69) is 31.7 Å². The third-order valence-corrected chi connectivity index (χ3v) is 1.87. The van der Waals surface area contributed by atoms with Crippen LogP contribution in [-0.2, 0) is 0 Å². The van der Waals surface area contributed by atoms with Gasteiger partial charge in [0.15, 0.2) is 0 Å². The van der Waals surface area contributed by atoms with Crippen LogP contribution < -0.4 is 0 Å². The van der Waals surface area contributed by atoms with Crippen LogP contribution in [0.5, 0.6) is 0 Å². The van der Waals surface area contributed by atoms with Crippen LogP contribution >= 0.6 is 0 Å². The van der Waals surface area contributed by atoms with Gasteiger partial charge in [0.05, 0.1) is 6.07 Å². The maximum Gasteiger partial charge on any atom is 0.0622 e. The summed E-state index contributed by atoms with van der Waals surface area (Å²) in [5.74, 6) is 0. The van der Waals surface area contributed by atoms with Gasteiger partial charge < -0.3 is 4.90 Å². The van der Waals surface area contributed by atoms with Crippen LogP contribution in [0.25, 0.3) is 0 Å². The molecule has 0 aliphatic rings. The van der Waals surface area contributed by atoms with Crippen molar-refractivity contribution in [3.8, 4) is 6.07 Å². The van der Waals surface area contributed by atoms with Gasteiger partial charge in [0, 0.05) is 12.5 Å². The molecule has 0 rings (SSSR count). The van der Waals surface area contributed by atoms with Crippen LogP contribution in [0.2, 0.25) is 0 Å². The van der Waals surface area contributed by atoms with Gasteiger partial charge in [-0.15, -0.1) is 0 Å². The fourth-order valence-corrected chi connectivity index (χ4v) is 1.14. The molecule has 2 nitrogen and oxygen atoms in total. The molecule has 0 saturated heterocycles. The molecule has 0 spiro atoms. The first-order chi connectivity index (χ1) is 5.22. The van der Waals surface area contributed by atoms with Gasteiger partial charge in [-0.3, -0.25) is 0 Å². The van der Waals surface area contributed by atoms with Gasteiger partial charge in [0.1, 0.15) is 0 Å². The molecule has 0 aromatic rings. The zero-order chi connectivity index (χ0) is 8.69. The molecule has 0 saturated carbocycles. The number of unbranched alkanes of at least 4 members (excludes halogenated alkanes) is 1. The van der Waals surface area contributed by atoms with Crippen molar-refractivity contribution < 1.29 is 0 Å². The second-order valence-electron chi connectivity index (χ2n) is 2.98. The molecule has 64 valence electrons. The van der Waals surface area contributed by atoms with Crippen molar-refractivity contribution in [3.05, 3.63) is 0 Å². The third kappa shape index (κ3) is 4.80. The summed E-state index contributed by atoms with van der Waals surface area (Å²) in [5.41, 5.74) is 0. The Bertz CT molecular complexity index is 124. The molecule has 11 heavy (non-hydrogen) atoms. The standard InChI is InChI=1S/C9H18N2/c1-4-11(9(2)3)8-6-5-7-10/h9H,4-6,8H2,1-3H3. The van der Waals surface area contributed by atoms with E-state index < -0.39 is 0 Å². The lowest BCUT2D eigenvalue weighted by Crippen LogP contribution is -2.31. The number of hydrogen-bond acceptors (Lipinski definition) is 2. The van der Waals surface area contributed by atoms with Gasteiger partial charge in [-0.2, -0.15) is 5.26 Å². The zero-order valence-electron chi connectivity index (χ0n) is 7.80. The smallest absolute Gasteiger partial charge is 0.0622 e. The van der Waals surface area contributed by atoms with E-state index in [4.69, 9.17) is 5.26 Å². The number of hydrogen-bond donors (Lipinski definition) is 0. The predicted molar refractivity (Wildman–Crippen MR) is 47.2 cm³/mol. The second-order valence-corrected chi connectivity index (χ2v) is 2.98. The van der Waals surface area contributed by atoms with Crippen LogP contribution in [-0.4, -0.2) is 24.0 Å². The number of rotatable bonds is 5. The summed E-state index contributed by atoms with van der Waals surface area (Å²) in [4.78, 5) is 2.37. The van der Waals surface area contributed by atoms with Crippen molar-refractivity contribution >= 4 is 0 Å². The van der Waals surface area contributed by atoms with E-state index in [0.29, 0.717) is 12.5 Å². The second kappa shape index (κ2) is 6.18. The largest absolute Gasteiger partial charge is 0.301 e. The number of nitrogens with zero attached hydrogens (tertiary/aromatic N) is 2. The average molecular weight is 154 g/mol. The zero-order valence-corrected chi connectivity index (χ0v) is 7.80. The molecule has 0 unspecified atom stereocenters. The Hall–Kier alpha value is -0.550. The van der Waals surface area contributed by atoms with Crippen molar-refractivity contribution in [2.24, 2.45) is 0 Å². The fraction of sp³-hybridized carbons (Fsp3) is 0.889. The first-order valence-electron chi connectivity index (χ1n) is 4.33. The summed E-state index contributed by atoms with van der Waals surface area (Å²) in [7, 11) is 0. The summed E-state index contributed by atoms with van der Waals surface area (Å²) in [6.07, 6.45) is 1.69. The fourth-order valence-electron chi connectivity index (χ4n) is 1.14. The Kier molecular flexibility index (Phi) is 5.87. The van der Waals surface area contributed by atoms with E-state index in [1.165, 1.54) is 0 Å². The highest BCUT2D eigenvalue weighted by Gasteiger charge is 2.04. The minimum absolute atomic E-state index is 0.610. The summed E-state index contributed by atoms with van der Waals surface area (Å²) >= 11 is 0. The maximum atomic E-state index is 8.32. The molecule has 2 heteroatoms. The average Bonchev–Trinajstić information content (AvgIpc) is 1.97. The van der Waals surface area contributed by atoms with Gasteiger partial charge in [-0.05, 0) is 33.4 Å². The lowest BCUT2D eigenvalue weighted by Gasteiger charge is -2.23. The molecule has 0 amide bonds. The Morgan fingerprint density at radius 2 is 2.09 bits per heavy atom. The quantitative estimate of drug-likeness (QED) is 0.566. The molecule has 0 bridgehead atoms. The van der Waals surface area contributed by atoms with Crippen LogP contribution in [0, 0.1) is 11.3 Å². The summed E-state index contributed by atoms with van der Waals surface area (Å²) < 4.78 is 0. The molecule has 0 aliphatic heterocycles. The SMILES string of the molecule is CCN(CCCC#N)C(C)C. The van der Waals surface area contributed by atoms with Crippen LogP contribution in [0.3, 0.4) is 0 Å². The lowest BCUT2D eigenvalue weighted by molar-refractivity contribution is 0.232. The summed E-state index contributed by atoms with van der Waals surface area (Å²) in [6, 6.07) is 2.77. The normalized spacial score (nSPS) is 10.5. The van der Waals surface area contributed by atoms with Crippen LogP contribution in [0.15, 0.2) is 0 Å². The molecule has 0 fully saturated rings. The third-order valence-electron chi connectivity index (χ3n) is 1.87. The Morgan fingerprint density at radius 1 is 1.45 bits per heavy atom. The molecule has 0 aliphatic carbocycles. The first kappa shape index (κ1) is 10.4. The molecule has 0 radical (unpaired) electrons. The van der Waals surface area contributed by atoms with E-state index in [0.717, 1.165) is 19.5 Å². The highest BCUT2D eigenvalue weighted by atomic mass is 15.1. The van der Waals surface area contributed by atoms with Crippen LogP contribution in [0.1, 0.15) is 33.6 Å². The van der Waals surface area contributed by atoms with E-state index in [1.807, 2.05) is 0 Å².